The second-order valence-electron chi connectivity index (χ2n) is 27.9. The molecule has 0 radical (unpaired) electrons. The number of aliphatic hydroxyl groups is 12. The molecule has 2 saturated carbocycles. The second-order valence-corrected chi connectivity index (χ2v) is 27.9. The van der Waals surface area contributed by atoms with E-state index in [1.807, 2.05) is 0 Å². The topological polar surface area (TPSA) is 748 Å². The number of unbranched alkanes of at least 4 members (excludes halogenated alkanes) is 9. The minimum Gasteiger partial charge on any atom is -0.389 e. The van der Waals surface area contributed by atoms with Crippen molar-refractivity contribution in [1.29, 1.82) is 0 Å². The van der Waals surface area contributed by atoms with Gasteiger partial charge in [-0.1, -0.05) is 51.4 Å². The maximum atomic E-state index is 13.2. The van der Waals surface area contributed by atoms with E-state index in [9.17, 15) is 70.9 Å². The summed E-state index contributed by atoms with van der Waals surface area (Å²) in [6.07, 6.45) is -33.5. The van der Waals surface area contributed by atoms with Crippen molar-refractivity contribution in [3.05, 3.63) is 0 Å². The predicted octanol–water partition coefficient (Wildman–Crippen LogP) is -14.3. The molecule has 0 aromatic heterocycles. The van der Waals surface area contributed by atoms with Crippen molar-refractivity contribution in [2.75, 3.05) is 52.4 Å². The normalized spacial score (nSPS) is 46.4. The van der Waals surface area contributed by atoms with Gasteiger partial charge in [0.05, 0.1) is 36.4 Å². The van der Waals surface area contributed by atoms with Crippen LogP contribution in [-0.2, 0) is 56.8 Å². The molecular formula is C60H118N16O26. The van der Waals surface area contributed by atoms with E-state index in [2.05, 4.69) is 21.3 Å². The van der Waals surface area contributed by atoms with E-state index in [1.165, 1.54) is 0 Å². The molecule has 594 valence electrons. The summed E-state index contributed by atoms with van der Waals surface area (Å²) >= 11 is 0. The number of carbonyl (C=O) groups is 2. The van der Waals surface area contributed by atoms with Crippen LogP contribution in [0.4, 0.5) is 9.59 Å². The molecule has 8 rings (SSSR count). The smallest absolute Gasteiger partial charge is 0.314 e. The molecule has 0 aromatic rings. The first kappa shape index (κ1) is 84.7. The average Bonchev–Trinajstić information content (AvgIpc) is 1.44. The van der Waals surface area contributed by atoms with Crippen LogP contribution in [-0.4, -0.2) is 358 Å². The zero-order chi connectivity index (χ0) is 74.5. The number of hydrogen-bond donors (Lipinski definition) is 28. The van der Waals surface area contributed by atoms with Crippen LogP contribution in [0.15, 0.2) is 0 Å². The number of ether oxygens (including phenoxy) is 12. The molecule has 38 atom stereocenters. The Morgan fingerprint density at radius 1 is 0.284 bits per heavy atom. The molecule has 42 nitrogen and oxygen atoms in total. The molecule has 42 heteroatoms. The third kappa shape index (κ3) is 20.7. The van der Waals surface area contributed by atoms with E-state index in [0.29, 0.717) is 25.9 Å². The summed E-state index contributed by atoms with van der Waals surface area (Å²) in [5.74, 6) is 0. The Morgan fingerprint density at radius 2 is 0.529 bits per heavy atom. The molecule has 40 N–H and O–H groups in total. The molecule has 6 heterocycles. The van der Waals surface area contributed by atoms with E-state index < -0.39 is 245 Å². The van der Waals surface area contributed by atoms with Crippen LogP contribution in [0.5, 0.6) is 0 Å². The van der Waals surface area contributed by atoms with Gasteiger partial charge in [0.25, 0.3) is 0 Å². The first-order chi connectivity index (χ1) is 48.5. The van der Waals surface area contributed by atoms with Gasteiger partial charge in [0.15, 0.2) is 37.7 Å². The van der Waals surface area contributed by atoms with Crippen LogP contribution in [0.3, 0.4) is 0 Å². The number of rotatable bonds is 33. The van der Waals surface area contributed by atoms with Gasteiger partial charge in [-0.3, -0.25) is 0 Å². The fourth-order valence-electron chi connectivity index (χ4n) is 14.1. The summed E-state index contributed by atoms with van der Waals surface area (Å²) in [4.78, 5) is 26.4. The average molecular weight is 1480 g/mol. The molecule has 8 fully saturated rings. The Hall–Kier alpha value is -2.90. The van der Waals surface area contributed by atoms with Crippen LogP contribution in [0.25, 0.3) is 0 Å². The highest BCUT2D eigenvalue weighted by Gasteiger charge is 2.58. The maximum absolute atomic E-state index is 13.2. The van der Waals surface area contributed by atoms with E-state index in [1.54, 1.807) is 0 Å². The minimum atomic E-state index is -1.71. The number of urea groups is 2. The highest BCUT2D eigenvalue weighted by atomic mass is 16.8. The van der Waals surface area contributed by atoms with E-state index in [0.717, 1.165) is 51.4 Å². The Kier molecular flexibility index (Phi) is 32.8. The molecule has 0 spiro atoms. The highest BCUT2D eigenvalue weighted by molar-refractivity contribution is 5.74. The predicted molar refractivity (Wildman–Crippen MR) is 352 cm³/mol. The monoisotopic (exact) mass is 1480 g/mol. The minimum absolute atomic E-state index is 0.0260. The van der Waals surface area contributed by atoms with Gasteiger partial charge in [-0.25, -0.2) is 9.59 Å². The van der Waals surface area contributed by atoms with Gasteiger partial charge in [0.2, 0.25) is 0 Å². The summed E-state index contributed by atoms with van der Waals surface area (Å²) in [5.41, 5.74) is 73.5. The molecule has 102 heavy (non-hydrogen) atoms. The lowest BCUT2D eigenvalue weighted by Gasteiger charge is -2.47. The van der Waals surface area contributed by atoms with Crippen molar-refractivity contribution in [1.82, 2.24) is 21.3 Å². The van der Waals surface area contributed by atoms with Gasteiger partial charge in [-0.15, -0.1) is 0 Å². The number of nitrogens with one attached hydrogen (secondary N) is 4. The van der Waals surface area contributed by atoms with E-state index in [4.69, 9.17) is 126 Å². The van der Waals surface area contributed by atoms with Crippen LogP contribution in [0, 0.1) is 0 Å². The van der Waals surface area contributed by atoms with Gasteiger partial charge in [-0.2, -0.15) is 0 Å². The van der Waals surface area contributed by atoms with E-state index in [-0.39, 0.29) is 52.1 Å². The van der Waals surface area contributed by atoms with Crippen LogP contribution in [0.1, 0.15) is 77.0 Å². The molecule has 6 saturated heterocycles. The summed E-state index contributed by atoms with van der Waals surface area (Å²) in [6, 6.07) is -10.2. The van der Waals surface area contributed by atoms with Crippen LogP contribution >= 0.6 is 0 Å². The third-order valence-electron chi connectivity index (χ3n) is 20.5. The lowest BCUT2D eigenvalue weighted by molar-refractivity contribution is -0.306. The van der Waals surface area contributed by atoms with Crippen molar-refractivity contribution in [2.24, 2.45) is 68.8 Å². The Bertz CT molecular complexity index is 2340. The molecule has 4 amide bonds. The number of carbonyl (C=O) groups excluding carboxylic acids is 2. The third-order valence-corrected chi connectivity index (χ3v) is 20.5. The summed E-state index contributed by atoms with van der Waals surface area (Å²) in [7, 11) is 0. The SMILES string of the molecule is NCC1O[C@H](OC2C(N)C[C@@H](N)C(O)[C@H]2O[C@@H]2O[C@H](CNC(=O)NCCCCCCCCCCCCNC(=O)NC[C@H]3O[C@@H](OC4C(O[C@@H]5OC(CN)C(O)[C@H](O)C5N)C(N)C[C@H](N)[C@@H]4O)C(O)C3O[C@@H]3O[C@H](CN)C(O)C(O)C3N)C(O[C@H]3O[C@@H](CN)C(O)C(O)C3N)[C@@H]2O)C(N)[C@@H](O)C1O. The van der Waals surface area contributed by atoms with Crippen molar-refractivity contribution in [3.8, 4) is 0 Å². The largest absolute Gasteiger partial charge is 0.389 e. The molecule has 8 aliphatic rings. The zero-order valence-electron chi connectivity index (χ0n) is 57.1. The first-order valence-electron chi connectivity index (χ1n) is 35.5. The quantitative estimate of drug-likeness (QED) is 0.0271. The van der Waals surface area contributed by atoms with Crippen molar-refractivity contribution in [2.45, 2.75) is 310 Å². The second kappa shape index (κ2) is 39.5. The Labute approximate surface area is 590 Å². The fraction of sp³-hybridized carbons (Fsp3) is 0.967. The maximum Gasteiger partial charge on any atom is 0.314 e. The van der Waals surface area contributed by atoms with Gasteiger partial charge in [0.1, 0.15) is 134 Å². The van der Waals surface area contributed by atoms with Gasteiger partial charge >= 0.3 is 12.1 Å². The molecule has 0 bridgehead atoms. The number of hydrogen-bond acceptors (Lipinski definition) is 38. The molecule has 0 aromatic carbocycles. The Morgan fingerprint density at radius 3 is 0.804 bits per heavy atom. The standard InChI is InChI=1S/C60H118N16O26/c61-15-25-37(79)41(83)31(69)53(91-25)97-47-23(67)13-21(65)35(77)51(47)101-57-45(87)49(99-55-33(71)43(85)39(81)27(17-63)93-55)29(95-57)19-75-59(89)73-11-9-7-5-3-1-2-4-6-8-10-12-74-60(90)76-20-30-50(100-56-34(72)44(86)40(82)28(18-64)94-56)46(88)58(96-30)102-52-36(78)22(66)14-24(68)48(52)98-54-32(70)42(84)38(80)26(16-62)92-54/h21-58,77-88H,1-20,61-72H2,(H2,73,75,89)(H2,74,76,90)/t21-,22+,23?,24?,25?,26?,27+,28-,29-,30-,31?,32?,33?,34?,35?,36+,37?,38?,39?,40?,41-,42-,43?,44?,45+,46?,47?,48?,49?,50?,51-,52?,53-,54+,55-,56+,57+,58+/m1/s1. The van der Waals surface area contributed by atoms with Crippen molar-refractivity contribution in [3.63, 3.8) is 0 Å². The molecule has 2 aliphatic carbocycles. The van der Waals surface area contributed by atoms with Crippen LogP contribution < -0.4 is 90.1 Å². The molecular weight excluding hydrogens is 1360 g/mol. The van der Waals surface area contributed by atoms with Gasteiger partial charge in [0, 0.05) is 76.5 Å². The highest BCUT2D eigenvalue weighted by Crippen LogP contribution is 2.38. The summed E-state index contributed by atoms with van der Waals surface area (Å²) < 4.78 is 72.5. The molecule has 6 aliphatic heterocycles. The van der Waals surface area contributed by atoms with E-state index >= 15 is 0 Å². The van der Waals surface area contributed by atoms with Gasteiger partial charge in [-0.05, 0) is 25.7 Å². The number of amides is 4. The van der Waals surface area contributed by atoms with Gasteiger partial charge < -0.3 is 208 Å². The lowest BCUT2D eigenvalue weighted by Crippen LogP contribution is -2.68. The summed E-state index contributed by atoms with van der Waals surface area (Å²) in [5, 5.41) is 142. The van der Waals surface area contributed by atoms with Crippen molar-refractivity contribution >= 4 is 12.1 Å². The number of nitrogens with two attached hydrogens (primary N) is 12. The first-order valence-corrected chi connectivity index (χ1v) is 35.5. The van der Waals surface area contributed by atoms with Crippen LogP contribution in [0.2, 0.25) is 0 Å². The lowest BCUT2D eigenvalue weighted by atomic mass is 9.84. The number of aliphatic hydroxyl groups excluding tert-OH is 12. The molecule has 21 unspecified atom stereocenters. The summed E-state index contributed by atoms with van der Waals surface area (Å²) in [6.45, 7) is -0.805. The Balaban J connectivity index is 0.741. The fourth-order valence-corrected chi connectivity index (χ4v) is 14.1. The zero-order valence-corrected chi connectivity index (χ0v) is 57.1. The van der Waals surface area contributed by atoms with Crippen molar-refractivity contribution < 1.29 is 128 Å².